The lowest BCUT2D eigenvalue weighted by molar-refractivity contribution is 0.391. The fourth-order valence-corrected chi connectivity index (χ4v) is 3.84. The van der Waals surface area contributed by atoms with E-state index in [2.05, 4.69) is 29.9 Å². The van der Waals surface area contributed by atoms with Gasteiger partial charge in [-0.15, -0.1) is 0 Å². The molecule has 1 unspecified atom stereocenters. The number of pyridine rings is 1. The van der Waals surface area contributed by atoms with Crippen LogP contribution >= 0.6 is 0 Å². The lowest BCUT2D eigenvalue weighted by Crippen LogP contribution is -2.43. The molecule has 0 radical (unpaired) electrons. The van der Waals surface area contributed by atoms with Crippen LogP contribution in [0.5, 0.6) is 5.88 Å². The predicted molar refractivity (Wildman–Crippen MR) is 116 cm³/mol. The lowest BCUT2D eigenvalue weighted by Gasteiger charge is -2.32. The molecule has 1 aliphatic rings. The first kappa shape index (κ1) is 19.3. The number of methoxy groups -OCH3 is 1. The van der Waals surface area contributed by atoms with Crippen molar-refractivity contribution in [2.24, 2.45) is 5.73 Å². The average Bonchev–Trinajstić information content (AvgIpc) is 3.22. The normalized spacial score (nSPS) is 16.6. The first-order valence-corrected chi connectivity index (χ1v) is 10.2. The third kappa shape index (κ3) is 3.66. The Hall–Kier alpha value is -3.66. The number of rotatable bonds is 4. The monoisotopic (exact) mass is 417 g/mol. The van der Waals surface area contributed by atoms with Gasteiger partial charge < -0.3 is 15.4 Å². The molecule has 0 amide bonds. The molecule has 0 aromatic carbocycles. The van der Waals surface area contributed by atoms with Crippen LogP contribution in [0, 0.1) is 6.92 Å². The van der Waals surface area contributed by atoms with Gasteiger partial charge in [0.25, 0.3) is 5.88 Å². The molecule has 1 saturated heterocycles. The van der Waals surface area contributed by atoms with Crippen molar-refractivity contribution in [2.75, 3.05) is 25.1 Å². The maximum absolute atomic E-state index is 6.18. The summed E-state index contributed by atoms with van der Waals surface area (Å²) in [6.07, 6.45) is 10.6. The van der Waals surface area contributed by atoms with Gasteiger partial charge in [0, 0.05) is 36.9 Å². The molecule has 5 heterocycles. The Morgan fingerprint density at radius 1 is 1.06 bits per heavy atom. The van der Waals surface area contributed by atoms with Crippen LogP contribution in [0.15, 0.2) is 37.1 Å². The lowest BCUT2D eigenvalue weighted by atomic mass is 10.1. The molecule has 158 valence electrons. The Morgan fingerprint density at radius 2 is 1.97 bits per heavy atom. The number of fused-ring (bicyclic) bond motifs is 1. The second-order valence-corrected chi connectivity index (χ2v) is 7.64. The molecule has 0 bridgehead atoms. The van der Waals surface area contributed by atoms with Gasteiger partial charge in [-0.05, 0) is 25.8 Å². The van der Waals surface area contributed by atoms with Crippen molar-refractivity contribution >= 4 is 16.7 Å². The molecule has 5 rings (SSSR count). The van der Waals surface area contributed by atoms with Crippen molar-refractivity contribution in [1.29, 1.82) is 0 Å². The Bertz CT molecular complexity index is 1240. The predicted octanol–water partition coefficient (Wildman–Crippen LogP) is 1.91. The Morgan fingerprint density at radius 3 is 2.77 bits per heavy atom. The highest BCUT2D eigenvalue weighted by Crippen LogP contribution is 2.28. The second-order valence-electron chi connectivity index (χ2n) is 7.64. The van der Waals surface area contributed by atoms with E-state index in [4.69, 9.17) is 15.5 Å². The van der Waals surface area contributed by atoms with Gasteiger partial charge in [0.15, 0.2) is 11.6 Å². The number of nitrogens with zero attached hydrogens (tertiary/aromatic N) is 8. The van der Waals surface area contributed by atoms with E-state index in [0.717, 1.165) is 36.0 Å². The highest BCUT2D eigenvalue weighted by Gasteiger charge is 2.23. The van der Waals surface area contributed by atoms with Gasteiger partial charge in [-0.3, -0.25) is 9.97 Å². The van der Waals surface area contributed by atoms with Gasteiger partial charge in [0.05, 0.1) is 42.6 Å². The summed E-state index contributed by atoms with van der Waals surface area (Å²) in [7, 11) is 1.60. The summed E-state index contributed by atoms with van der Waals surface area (Å²) in [6, 6.07) is 2.05. The summed E-state index contributed by atoms with van der Waals surface area (Å²) in [5.41, 5.74) is 9.29. The molecule has 10 nitrogen and oxygen atoms in total. The van der Waals surface area contributed by atoms with E-state index in [-0.39, 0.29) is 6.04 Å². The van der Waals surface area contributed by atoms with Gasteiger partial charge in [-0.2, -0.15) is 5.10 Å². The standard InChI is InChI=1S/C21H23N9O/c1-13-7-23-10-17(27-13)16-6-18-14(8-24-16)9-26-30(18)19-11-25-21(31-2)20(28-19)29-5-3-4-15(22)12-29/h6-11,15H,3-5,12,22H2,1-2H3. The molecular weight excluding hydrogens is 394 g/mol. The van der Waals surface area contributed by atoms with E-state index in [1.807, 2.05) is 13.0 Å². The van der Waals surface area contributed by atoms with Gasteiger partial charge in [0.2, 0.25) is 0 Å². The SMILES string of the molecule is COc1ncc(-n2ncc3cnc(-c4cncc(C)n4)cc32)nc1N1CCCC(N)C1. The average molecular weight is 417 g/mol. The summed E-state index contributed by atoms with van der Waals surface area (Å²) in [5, 5.41) is 5.42. The van der Waals surface area contributed by atoms with Crippen molar-refractivity contribution in [3.63, 3.8) is 0 Å². The number of aryl methyl sites for hydroxylation is 1. The van der Waals surface area contributed by atoms with Crippen LogP contribution in [0.2, 0.25) is 0 Å². The Kier molecular flexibility index (Phi) is 4.91. The number of anilines is 1. The number of hydrogen-bond acceptors (Lipinski definition) is 9. The first-order valence-electron chi connectivity index (χ1n) is 10.2. The molecule has 1 aliphatic heterocycles. The van der Waals surface area contributed by atoms with Crippen LogP contribution in [-0.2, 0) is 0 Å². The molecule has 4 aromatic rings. The zero-order valence-electron chi connectivity index (χ0n) is 17.4. The topological polar surface area (TPSA) is 121 Å². The van der Waals surface area contributed by atoms with E-state index in [0.29, 0.717) is 35.4 Å². The fourth-order valence-electron chi connectivity index (χ4n) is 3.84. The minimum atomic E-state index is 0.110. The highest BCUT2D eigenvalue weighted by molar-refractivity contribution is 5.82. The van der Waals surface area contributed by atoms with Crippen LogP contribution in [0.3, 0.4) is 0 Å². The van der Waals surface area contributed by atoms with Crippen molar-refractivity contribution in [3.8, 4) is 23.1 Å². The molecule has 0 saturated carbocycles. The zero-order valence-corrected chi connectivity index (χ0v) is 17.4. The molecule has 31 heavy (non-hydrogen) atoms. The first-order chi connectivity index (χ1) is 15.1. The van der Waals surface area contributed by atoms with Crippen molar-refractivity contribution in [1.82, 2.24) is 34.7 Å². The summed E-state index contributed by atoms with van der Waals surface area (Å²) < 4.78 is 7.22. The van der Waals surface area contributed by atoms with Crippen LogP contribution in [0.4, 0.5) is 5.82 Å². The highest BCUT2D eigenvalue weighted by atomic mass is 16.5. The summed E-state index contributed by atoms with van der Waals surface area (Å²) in [4.78, 5) is 24.7. The number of piperidine rings is 1. The van der Waals surface area contributed by atoms with E-state index < -0.39 is 0 Å². The van der Waals surface area contributed by atoms with E-state index in [9.17, 15) is 0 Å². The maximum atomic E-state index is 6.18. The van der Waals surface area contributed by atoms with E-state index in [1.165, 1.54) is 0 Å². The third-order valence-corrected chi connectivity index (χ3v) is 5.35. The Labute approximate surface area is 179 Å². The van der Waals surface area contributed by atoms with Crippen molar-refractivity contribution in [2.45, 2.75) is 25.8 Å². The minimum Gasteiger partial charge on any atom is -0.478 e. The number of aromatic nitrogens is 7. The van der Waals surface area contributed by atoms with Crippen molar-refractivity contribution < 1.29 is 4.74 Å². The Balaban J connectivity index is 1.59. The minimum absolute atomic E-state index is 0.110. The van der Waals surface area contributed by atoms with Gasteiger partial charge in [-0.25, -0.2) is 19.6 Å². The maximum Gasteiger partial charge on any atom is 0.257 e. The molecule has 0 aliphatic carbocycles. The van der Waals surface area contributed by atoms with Crippen LogP contribution < -0.4 is 15.4 Å². The quantitative estimate of drug-likeness (QED) is 0.531. The number of hydrogen-bond donors (Lipinski definition) is 1. The van der Waals surface area contributed by atoms with Crippen LogP contribution in [-0.4, -0.2) is 60.9 Å². The third-order valence-electron chi connectivity index (χ3n) is 5.35. The summed E-state index contributed by atoms with van der Waals surface area (Å²) in [5.74, 6) is 1.75. The summed E-state index contributed by atoms with van der Waals surface area (Å²) >= 11 is 0. The van der Waals surface area contributed by atoms with Gasteiger partial charge in [0.1, 0.15) is 5.69 Å². The van der Waals surface area contributed by atoms with E-state index in [1.54, 1.807) is 42.8 Å². The smallest absolute Gasteiger partial charge is 0.257 e. The largest absolute Gasteiger partial charge is 0.478 e. The molecular formula is C21H23N9O. The zero-order chi connectivity index (χ0) is 21.4. The molecule has 0 spiro atoms. The van der Waals surface area contributed by atoms with Crippen molar-refractivity contribution in [3.05, 3.63) is 42.7 Å². The van der Waals surface area contributed by atoms with Crippen LogP contribution in [0.25, 0.3) is 28.1 Å². The van der Waals surface area contributed by atoms with E-state index >= 15 is 0 Å². The van der Waals surface area contributed by atoms with Crippen LogP contribution in [0.1, 0.15) is 18.5 Å². The second kappa shape index (κ2) is 7.88. The summed E-state index contributed by atoms with van der Waals surface area (Å²) in [6.45, 7) is 3.48. The van der Waals surface area contributed by atoms with Gasteiger partial charge in [-0.1, -0.05) is 0 Å². The number of nitrogens with two attached hydrogens (primary N) is 1. The molecule has 10 heteroatoms. The molecule has 1 atom stereocenters. The molecule has 2 N–H and O–H groups in total. The molecule has 4 aromatic heterocycles. The fraction of sp³-hybridized carbons (Fsp3) is 0.333. The molecule has 1 fully saturated rings. The van der Waals surface area contributed by atoms with Gasteiger partial charge >= 0.3 is 0 Å². The number of ether oxygens (including phenoxy) is 1.